The lowest BCUT2D eigenvalue weighted by atomic mass is 10.2. The molecular weight excluding hydrogens is 232 g/mol. The van der Waals surface area contributed by atoms with E-state index in [4.69, 9.17) is 5.73 Å². The van der Waals surface area contributed by atoms with Crippen LogP contribution in [0.2, 0.25) is 0 Å². The van der Waals surface area contributed by atoms with Crippen LogP contribution in [0.25, 0.3) is 0 Å². The van der Waals surface area contributed by atoms with Crippen LogP contribution < -0.4 is 11.1 Å². The lowest BCUT2D eigenvalue weighted by molar-refractivity contribution is -0.134. The Bertz CT molecular complexity index is 296. The molecule has 104 valence electrons. The maximum absolute atomic E-state index is 11.7. The minimum absolute atomic E-state index is 0.0127. The number of carbonyl (C=O) groups is 2. The van der Waals surface area contributed by atoms with Gasteiger partial charge in [0.2, 0.25) is 11.8 Å². The predicted octanol–water partition coefficient (Wildman–Crippen LogP) is -0.998. The second-order valence-electron chi connectivity index (χ2n) is 5.11. The van der Waals surface area contributed by atoms with E-state index in [9.17, 15) is 9.59 Å². The van der Waals surface area contributed by atoms with Crippen molar-refractivity contribution in [3.05, 3.63) is 0 Å². The molecule has 1 heterocycles. The fourth-order valence-corrected chi connectivity index (χ4v) is 1.99. The molecule has 1 saturated heterocycles. The Balaban J connectivity index is 2.31. The second-order valence-corrected chi connectivity index (χ2v) is 5.11. The SMILES string of the molecule is CC(C)NC(=O)CN1CCN(C(=O)[C@@H](C)N)CC1. The molecule has 0 bridgehead atoms. The van der Waals surface area contributed by atoms with Crippen LogP contribution in [0.15, 0.2) is 0 Å². The fourth-order valence-electron chi connectivity index (χ4n) is 1.99. The summed E-state index contributed by atoms with van der Waals surface area (Å²) in [5.41, 5.74) is 5.57. The van der Waals surface area contributed by atoms with Crippen LogP contribution in [-0.2, 0) is 9.59 Å². The van der Waals surface area contributed by atoms with E-state index in [2.05, 4.69) is 10.2 Å². The molecule has 1 fully saturated rings. The Morgan fingerprint density at radius 3 is 2.17 bits per heavy atom. The average Bonchev–Trinajstić information content (AvgIpc) is 2.27. The zero-order valence-electron chi connectivity index (χ0n) is 11.5. The number of nitrogens with zero attached hydrogens (tertiary/aromatic N) is 2. The normalized spacial score (nSPS) is 18.8. The highest BCUT2D eigenvalue weighted by molar-refractivity contribution is 5.81. The first kappa shape index (κ1) is 14.9. The summed E-state index contributed by atoms with van der Waals surface area (Å²) in [6, 6.07) is -0.278. The molecule has 3 N–H and O–H groups in total. The lowest BCUT2D eigenvalue weighted by Gasteiger charge is -2.35. The van der Waals surface area contributed by atoms with Gasteiger partial charge < -0.3 is 16.0 Å². The monoisotopic (exact) mass is 256 g/mol. The van der Waals surface area contributed by atoms with E-state index in [1.54, 1.807) is 11.8 Å². The quantitative estimate of drug-likeness (QED) is 0.676. The number of nitrogens with two attached hydrogens (primary N) is 1. The number of piperazine rings is 1. The van der Waals surface area contributed by atoms with E-state index in [0.717, 1.165) is 13.1 Å². The van der Waals surface area contributed by atoms with Crippen molar-refractivity contribution in [2.45, 2.75) is 32.9 Å². The lowest BCUT2D eigenvalue weighted by Crippen LogP contribution is -2.54. The molecule has 0 spiro atoms. The predicted molar refractivity (Wildman–Crippen MR) is 69.9 cm³/mol. The number of hydrogen-bond donors (Lipinski definition) is 2. The molecule has 0 aromatic rings. The Hall–Kier alpha value is -1.14. The summed E-state index contributed by atoms with van der Waals surface area (Å²) >= 11 is 0. The van der Waals surface area contributed by atoms with Crippen LogP contribution in [0.3, 0.4) is 0 Å². The molecule has 1 rings (SSSR count). The van der Waals surface area contributed by atoms with Crippen LogP contribution in [0.1, 0.15) is 20.8 Å². The fraction of sp³-hybridized carbons (Fsp3) is 0.833. The van der Waals surface area contributed by atoms with Gasteiger partial charge in [0, 0.05) is 32.2 Å². The minimum atomic E-state index is -0.444. The van der Waals surface area contributed by atoms with Gasteiger partial charge in [0.1, 0.15) is 0 Å². The third kappa shape index (κ3) is 4.62. The van der Waals surface area contributed by atoms with Gasteiger partial charge in [0.25, 0.3) is 0 Å². The van der Waals surface area contributed by atoms with Crippen molar-refractivity contribution in [3.8, 4) is 0 Å². The molecule has 1 aliphatic rings. The summed E-state index contributed by atoms with van der Waals surface area (Å²) in [4.78, 5) is 27.1. The van der Waals surface area contributed by atoms with E-state index in [1.165, 1.54) is 0 Å². The summed E-state index contributed by atoms with van der Waals surface area (Å²) in [6.45, 7) is 8.73. The van der Waals surface area contributed by atoms with Crippen molar-refractivity contribution in [1.29, 1.82) is 0 Å². The summed E-state index contributed by atoms with van der Waals surface area (Å²) < 4.78 is 0. The molecule has 0 radical (unpaired) electrons. The van der Waals surface area contributed by atoms with Gasteiger partial charge in [-0.05, 0) is 20.8 Å². The number of hydrogen-bond acceptors (Lipinski definition) is 4. The van der Waals surface area contributed by atoms with Gasteiger partial charge in [-0.15, -0.1) is 0 Å². The van der Waals surface area contributed by atoms with Crippen molar-refractivity contribution in [3.63, 3.8) is 0 Å². The molecule has 1 atom stereocenters. The maximum atomic E-state index is 11.7. The van der Waals surface area contributed by atoms with E-state index in [-0.39, 0.29) is 17.9 Å². The van der Waals surface area contributed by atoms with Crippen LogP contribution >= 0.6 is 0 Å². The third-order valence-corrected chi connectivity index (χ3v) is 2.89. The van der Waals surface area contributed by atoms with Gasteiger partial charge >= 0.3 is 0 Å². The summed E-state index contributed by atoms with van der Waals surface area (Å²) in [7, 11) is 0. The molecule has 0 unspecified atom stereocenters. The van der Waals surface area contributed by atoms with Gasteiger partial charge in [-0.1, -0.05) is 0 Å². The average molecular weight is 256 g/mol. The van der Waals surface area contributed by atoms with E-state index < -0.39 is 6.04 Å². The zero-order chi connectivity index (χ0) is 13.7. The Kier molecular flexibility index (Phi) is 5.55. The molecule has 6 nitrogen and oxygen atoms in total. The highest BCUT2D eigenvalue weighted by Gasteiger charge is 2.23. The number of amides is 2. The number of rotatable bonds is 4. The summed E-state index contributed by atoms with van der Waals surface area (Å²) in [5, 5.41) is 2.86. The van der Waals surface area contributed by atoms with Crippen molar-refractivity contribution >= 4 is 11.8 Å². The first-order valence-electron chi connectivity index (χ1n) is 6.46. The number of carbonyl (C=O) groups excluding carboxylic acids is 2. The van der Waals surface area contributed by atoms with Gasteiger partial charge in [-0.2, -0.15) is 0 Å². The maximum Gasteiger partial charge on any atom is 0.239 e. The highest BCUT2D eigenvalue weighted by Crippen LogP contribution is 2.03. The molecule has 0 aromatic carbocycles. The topological polar surface area (TPSA) is 78.7 Å². The molecule has 18 heavy (non-hydrogen) atoms. The number of nitrogens with one attached hydrogen (secondary N) is 1. The standard InChI is InChI=1S/C12H24N4O2/c1-9(2)14-11(17)8-15-4-6-16(7-5-15)12(18)10(3)13/h9-10H,4-8,13H2,1-3H3,(H,14,17)/t10-/m1/s1. The first-order valence-corrected chi connectivity index (χ1v) is 6.46. The third-order valence-electron chi connectivity index (χ3n) is 2.89. The largest absolute Gasteiger partial charge is 0.353 e. The van der Waals surface area contributed by atoms with Gasteiger partial charge in [0.05, 0.1) is 12.6 Å². The molecule has 0 aliphatic carbocycles. The van der Waals surface area contributed by atoms with Crippen molar-refractivity contribution < 1.29 is 9.59 Å². The van der Waals surface area contributed by atoms with E-state index in [1.807, 2.05) is 13.8 Å². The molecule has 0 aromatic heterocycles. The molecular formula is C12H24N4O2. The molecule has 6 heteroatoms. The van der Waals surface area contributed by atoms with Crippen molar-refractivity contribution in [2.24, 2.45) is 5.73 Å². The minimum Gasteiger partial charge on any atom is -0.353 e. The van der Waals surface area contributed by atoms with Crippen LogP contribution in [0.5, 0.6) is 0 Å². The van der Waals surface area contributed by atoms with Gasteiger partial charge in [-0.25, -0.2) is 0 Å². The summed E-state index contributed by atoms with van der Waals surface area (Å²) in [6.07, 6.45) is 0. The van der Waals surface area contributed by atoms with Gasteiger partial charge in [0.15, 0.2) is 0 Å². The van der Waals surface area contributed by atoms with E-state index in [0.29, 0.717) is 19.6 Å². The molecule has 1 aliphatic heterocycles. The highest BCUT2D eigenvalue weighted by atomic mass is 16.2. The second kappa shape index (κ2) is 6.70. The van der Waals surface area contributed by atoms with Crippen LogP contribution in [0, 0.1) is 0 Å². The van der Waals surface area contributed by atoms with Crippen molar-refractivity contribution in [1.82, 2.24) is 15.1 Å². The smallest absolute Gasteiger partial charge is 0.239 e. The van der Waals surface area contributed by atoms with Crippen molar-refractivity contribution in [2.75, 3.05) is 32.7 Å². The zero-order valence-corrected chi connectivity index (χ0v) is 11.5. The Morgan fingerprint density at radius 1 is 1.17 bits per heavy atom. The molecule has 2 amide bonds. The Morgan fingerprint density at radius 2 is 1.72 bits per heavy atom. The summed E-state index contributed by atoms with van der Waals surface area (Å²) in [5.74, 6) is 0.0262. The van der Waals surface area contributed by atoms with Crippen LogP contribution in [0.4, 0.5) is 0 Å². The first-order chi connectivity index (χ1) is 8.40. The molecule has 0 saturated carbocycles. The Labute approximate surface area is 108 Å². The van der Waals surface area contributed by atoms with E-state index >= 15 is 0 Å². The van der Waals surface area contributed by atoms with Gasteiger partial charge in [-0.3, -0.25) is 14.5 Å². The van der Waals surface area contributed by atoms with Crippen LogP contribution in [-0.4, -0.2) is 66.4 Å².